The average Bonchev–Trinajstić information content (AvgIpc) is 3.57. The van der Waals surface area contributed by atoms with E-state index in [1.807, 2.05) is 6.07 Å². The van der Waals surface area contributed by atoms with Gasteiger partial charge in [0.05, 0.1) is 6.07 Å². The van der Waals surface area contributed by atoms with Crippen LogP contribution in [0.3, 0.4) is 0 Å². The molecule has 3 saturated carbocycles. The Hall–Kier alpha value is -1.99. The van der Waals surface area contributed by atoms with Gasteiger partial charge in [-0.25, -0.2) is 13.6 Å². The van der Waals surface area contributed by atoms with Crippen LogP contribution in [0.2, 0.25) is 0 Å². The van der Waals surface area contributed by atoms with Gasteiger partial charge >= 0.3 is 6.09 Å². The van der Waals surface area contributed by atoms with E-state index in [4.69, 9.17) is 4.84 Å². The van der Waals surface area contributed by atoms with Crippen molar-refractivity contribution in [3.05, 3.63) is 0 Å². The molecule has 5 fully saturated rings. The zero-order valence-electron chi connectivity index (χ0n) is 19.0. The molecule has 3 aliphatic carbocycles. The Balaban J connectivity index is 1.12. The largest absolute Gasteiger partial charge is 0.426 e. The van der Waals surface area contributed by atoms with Crippen LogP contribution in [-0.2, 0) is 9.63 Å². The number of hydroxylamine groups is 2. The van der Waals surface area contributed by atoms with Crippen molar-refractivity contribution in [2.24, 2.45) is 11.3 Å². The molecule has 10 heteroatoms. The Kier molecular flexibility index (Phi) is 5.76. The van der Waals surface area contributed by atoms with Gasteiger partial charge in [0.15, 0.2) is 0 Å². The van der Waals surface area contributed by atoms with Gasteiger partial charge in [0.1, 0.15) is 11.6 Å². The Morgan fingerprint density at radius 3 is 2.33 bits per heavy atom. The van der Waals surface area contributed by atoms with Crippen LogP contribution in [0.4, 0.5) is 13.6 Å². The van der Waals surface area contributed by atoms with Crippen LogP contribution in [0.1, 0.15) is 64.2 Å². The summed E-state index contributed by atoms with van der Waals surface area (Å²) in [6, 6.07) is 1.33. The molecule has 0 aromatic carbocycles. The first-order chi connectivity index (χ1) is 15.7. The molecular formula is C23H33F2N5O3. The van der Waals surface area contributed by atoms with Gasteiger partial charge in [0, 0.05) is 37.4 Å². The van der Waals surface area contributed by atoms with E-state index in [1.54, 1.807) is 5.06 Å². The smallest absolute Gasteiger partial charge is 0.351 e. The number of hydrogen-bond acceptors (Lipinski definition) is 6. The van der Waals surface area contributed by atoms with Crippen LogP contribution in [0.25, 0.3) is 0 Å². The minimum Gasteiger partial charge on any atom is -0.351 e. The maximum atomic E-state index is 14.5. The summed E-state index contributed by atoms with van der Waals surface area (Å²) in [5.74, 6) is -3.85. The van der Waals surface area contributed by atoms with Gasteiger partial charge < -0.3 is 20.4 Å². The first-order valence-corrected chi connectivity index (χ1v) is 12.3. The number of piperidine rings is 1. The highest BCUT2D eigenvalue weighted by Gasteiger charge is 2.50. The molecule has 0 radical (unpaired) electrons. The topological polar surface area (TPSA) is 97.7 Å². The van der Waals surface area contributed by atoms with Crippen molar-refractivity contribution in [3.63, 3.8) is 0 Å². The van der Waals surface area contributed by atoms with Crippen molar-refractivity contribution < 1.29 is 23.2 Å². The van der Waals surface area contributed by atoms with Crippen LogP contribution in [0.15, 0.2) is 0 Å². The van der Waals surface area contributed by atoms with E-state index in [9.17, 15) is 23.6 Å². The third-order valence-electron chi connectivity index (χ3n) is 7.88. The summed E-state index contributed by atoms with van der Waals surface area (Å²) in [6.45, 7) is 3.41. The fourth-order valence-corrected chi connectivity index (χ4v) is 5.22. The predicted molar refractivity (Wildman–Crippen MR) is 114 cm³/mol. The zero-order chi connectivity index (χ0) is 23.3. The van der Waals surface area contributed by atoms with Gasteiger partial charge in [-0.05, 0) is 70.4 Å². The van der Waals surface area contributed by atoms with Gasteiger partial charge in [0.25, 0.3) is 5.92 Å². The second-order valence-electron chi connectivity index (χ2n) is 11.0. The summed E-state index contributed by atoms with van der Waals surface area (Å²) >= 11 is 0. The summed E-state index contributed by atoms with van der Waals surface area (Å²) in [5.41, 5.74) is -0.837. The lowest BCUT2D eigenvalue weighted by molar-refractivity contribution is -0.218. The number of hydrogen-bond donors (Lipinski definition) is 2. The van der Waals surface area contributed by atoms with Crippen LogP contribution in [0.5, 0.6) is 0 Å². The fourth-order valence-electron chi connectivity index (χ4n) is 5.22. The molecule has 0 aromatic rings. The maximum absolute atomic E-state index is 14.5. The summed E-state index contributed by atoms with van der Waals surface area (Å²) < 4.78 is 29.1. The van der Waals surface area contributed by atoms with Crippen molar-refractivity contribution in [2.45, 2.75) is 87.8 Å². The van der Waals surface area contributed by atoms with Crippen molar-refractivity contribution in [3.8, 4) is 6.07 Å². The zero-order valence-corrected chi connectivity index (χ0v) is 19.0. The van der Waals surface area contributed by atoms with Gasteiger partial charge in [-0.15, -0.1) is 5.06 Å². The molecule has 0 bridgehead atoms. The van der Waals surface area contributed by atoms with E-state index in [0.29, 0.717) is 25.9 Å². The second-order valence-corrected chi connectivity index (χ2v) is 11.0. The normalized spacial score (nSPS) is 27.2. The molecule has 2 saturated heterocycles. The maximum Gasteiger partial charge on any atom is 0.426 e. The lowest BCUT2D eigenvalue weighted by atomic mass is 9.73. The first kappa shape index (κ1) is 22.8. The molecule has 2 amide bonds. The van der Waals surface area contributed by atoms with Crippen molar-refractivity contribution in [2.75, 3.05) is 26.2 Å². The molecule has 1 atom stereocenters. The number of halogens is 2. The SMILES string of the molecule is N#CC1(NC(=O)[C@H](CC(F)(F)CC2CC2)NC(=O)ON2CC3(CCN(C4CC4)CC3)C2)CC1. The second kappa shape index (κ2) is 8.35. The standard InChI is InChI=1S/C23H33F2N5O3/c24-23(25,11-16-1-2-16)12-18(19(31)28-22(13-26)5-6-22)27-20(32)33-30-14-21(15-30)7-9-29(10-8-21)17-3-4-17/h16-18H,1-12,14-15H2,(H,27,32)(H,28,31)/t18-/m0/s1. The summed E-state index contributed by atoms with van der Waals surface area (Å²) in [7, 11) is 0. The number of nitrogens with zero attached hydrogens (tertiary/aromatic N) is 3. The van der Waals surface area contributed by atoms with E-state index < -0.39 is 35.9 Å². The van der Waals surface area contributed by atoms with Crippen LogP contribution in [-0.4, -0.2) is 71.7 Å². The Labute approximate surface area is 192 Å². The number of nitrogens with one attached hydrogen (secondary N) is 2. The fraction of sp³-hybridized carbons (Fsp3) is 0.870. The molecule has 5 aliphatic rings. The minimum atomic E-state index is -3.07. The quantitative estimate of drug-likeness (QED) is 0.543. The molecule has 0 unspecified atom stereocenters. The van der Waals surface area contributed by atoms with E-state index in [0.717, 1.165) is 44.8 Å². The summed E-state index contributed by atoms with van der Waals surface area (Å²) in [5, 5.41) is 15.7. The third kappa shape index (κ3) is 5.57. The number of carbonyl (C=O) groups is 2. The predicted octanol–water partition coefficient (Wildman–Crippen LogP) is 2.55. The molecule has 0 aromatic heterocycles. The van der Waals surface area contributed by atoms with Gasteiger partial charge in [0.2, 0.25) is 5.91 Å². The molecule has 1 spiro atoms. The number of alkyl halides is 2. The van der Waals surface area contributed by atoms with E-state index in [2.05, 4.69) is 15.5 Å². The van der Waals surface area contributed by atoms with Gasteiger partial charge in [-0.2, -0.15) is 5.26 Å². The number of likely N-dealkylation sites (tertiary alicyclic amines) is 1. The molecule has 182 valence electrons. The van der Waals surface area contributed by atoms with E-state index in [1.165, 1.54) is 12.8 Å². The minimum absolute atomic E-state index is 0.0202. The molecule has 33 heavy (non-hydrogen) atoms. The highest BCUT2D eigenvalue weighted by molar-refractivity contribution is 5.86. The Morgan fingerprint density at radius 1 is 1.12 bits per heavy atom. The third-order valence-corrected chi connectivity index (χ3v) is 7.88. The molecule has 2 N–H and O–H groups in total. The van der Waals surface area contributed by atoms with E-state index >= 15 is 0 Å². The Bertz CT molecular complexity index is 818. The summed E-state index contributed by atoms with van der Waals surface area (Å²) in [6.07, 6.45) is 5.26. The average molecular weight is 466 g/mol. The summed E-state index contributed by atoms with van der Waals surface area (Å²) in [4.78, 5) is 33.1. The van der Waals surface area contributed by atoms with Crippen molar-refractivity contribution in [1.82, 2.24) is 20.6 Å². The molecular weight excluding hydrogens is 432 g/mol. The highest BCUT2D eigenvalue weighted by Crippen LogP contribution is 2.43. The van der Waals surface area contributed by atoms with Gasteiger partial charge in [-0.3, -0.25) is 4.79 Å². The van der Waals surface area contributed by atoms with Crippen LogP contribution in [0, 0.1) is 22.7 Å². The van der Waals surface area contributed by atoms with Crippen LogP contribution >= 0.6 is 0 Å². The van der Waals surface area contributed by atoms with E-state index in [-0.39, 0.29) is 17.8 Å². The highest BCUT2D eigenvalue weighted by atomic mass is 19.3. The molecule has 5 rings (SSSR count). The number of carbonyl (C=O) groups excluding carboxylic acids is 2. The van der Waals surface area contributed by atoms with Crippen LogP contribution < -0.4 is 10.6 Å². The number of nitriles is 1. The van der Waals surface area contributed by atoms with Crippen molar-refractivity contribution >= 4 is 12.0 Å². The molecule has 2 aliphatic heterocycles. The lowest BCUT2D eigenvalue weighted by Gasteiger charge is -2.52. The number of rotatable bonds is 9. The monoisotopic (exact) mass is 465 g/mol. The molecule has 2 heterocycles. The van der Waals surface area contributed by atoms with Crippen molar-refractivity contribution in [1.29, 1.82) is 5.26 Å². The Morgan fingerprint density at radius 2 is 1.79 bits per heavy atom. The number of amides is 2. The first-order valence-electron chi connectivity index (χ1n) is 12.3. The van der Waals surface area contributed by atoms with Gasteiger partial charge in [-0.1, -0.05) is 0 Å². The molecule has 8 nitrogen and oxygen atoms in total. The lowest BCUT2D eigenvalue weighted by Crippen LogP contribution is -2.61.